The molecule has 1 fully saturated rings. The lowest BCUT2D eigenvalue weighted by atomic mass is 10.0. The Morgan fingerprint density at radius 3 is 2.23 bits per heavy atom. The summed E-state index contributed by atoms with van der Waals surface area (Å²) < 4.78 is 1.12. The van der Waals surface area contributed by atoms with Crippen molar-refractivity contribution in [1.82, 2.24) is 4.90 Å². The van der Waals surface area contributed by atoms with E-state index in [0.29, 0.717) is 5.54 Å². The fourth-order valence-corrected chi connectivity index (χ4v) is 1.94. The molecule has 1 heterocycles. The average Bonchev–Trinajstić information content (AvgIpc) is 2.20. The monoisotopic (exact) mass is 185 g/mol. The van der Waals surface area contributed by atoms with Gasteiger partial charge in [0.1, 0.15) is 12.2 Å². The van der Waals surface area contributed by atoms with Gasteiger partial charge >= 0.3 is 0 Å². The van der Waals surface area contributed by atoms with Crippen LogP contribution < -0.4 is 0 Å². The third kappa shape index (κ3) is 1.89. The lowest BCUT2D eigenvalue weighted by Gasteiger charge is -2.36. The fourth-order valence-electron chi connectivity index (χ4n) is 1.94. The van der Waals surface area contributed by atoms with Crippen molar-refractivity contribution in [2.75, 3.05) is 27.3 Å². The molecule has 1 rings (SSSR count). The summed E-state index contributed by atoms with van der Waals surface area (Å²) in [6.07, 6.45) is 1.26. The zero-order valence-electron chi connectivity index (χ0n) is 10.1. The first kappa shape index (κ1) is 11.0. The van der Waals surface area contributed by atoms with E-state index in [9.17, 15) is 0 Å². The largest absolute Gasteiger partial charge is 0.310 e. The molecule has 0 aromatic rings. The molecule has 2 heteroatoms. The Bertz CT molecular complexity index is 169. The highest BCUT2D eigenvalue weighted by molar-refractivity contribution is 4.82. The minimum atomic E-state index is 0.406. The van der Waals surface area contributed by atoms with Gasteiger partial charge in [-0.05, 0) is 27.2 Å². The summed E-state index contributed by atoms with van der Waals surface area (Å²) in [7, 11) is 4.67. The van der Waals surface area contributed by atoms with Gasteiger partial charge in [0, 0.05) is 6.04 Å². The quantitative estimate of drug-likeness (QED) is 0.594. The number of hydrogen-bond donors (Lipinski definition) is 0. The van der Waals surface area contributed by atoms with E-state index in [0.717, 1.165) is 10.5 Å². The number of nitrogens with zero attached hydrogens (tertiary/aromatic N) is 2. The lowest BCUT2D eigenvalue weighted by molar-refractivity contribution is -0.927. The second-order valence-electron chi connectivity index (χ2n) is 5.64. The maximum atomic E-state index is 2.61. The van der Waals surface area contributed by atoms with Gasteiger partial charge in [0.2, 0.25) is 0 Å². The average molecular weight is 185 g/mol. The Morgan fingerprint density at radius 2 is 1.92 bits per heavy atom. The van der Waals surface area contributed by atoms with E-state index in [1.807, 2.05) is 0 Å². The summed E-state index contributed by atoms with van der Waals surface area (Å²) in [5.74, 6) is 0. The summed E-state index contributed by atoms with van der Waals surface area (Å²) >= 11 is 0. The molecule has 2 nitrogen and oxygen atoms in total. The maximum Gasteiger partial charge on any atom is 0.135 e. The van der Waals surface area contributed by atoms with E-state index in [1.54, 1.807) is 0 Å². The second kappa shape index (κ2) is 3.25. The van der Waals surface area contributed by atoms with Gasteiger partial charge in [-0.25, -0.2) is 4.90 Å². The number of rotatable bonds is 2. The van der Waals surface area contributed by atoms with Gasteiger partial charge in [0.05, 0.1) is 20.6 Å². The summed E-state index contributed by atoms with van der Waals surface area (Å²) in [5, 5.41) is 0. The van der Waals surface area contributed by atoms with Crippen LogP contribution in [0.2, 0.25) is 0 Å². The van der Waals surface area contributed by atoms with E-state index in [-0.39, 0.29) is 0 Å². The Kier molecular flexibility index (Phi) is 2.75. The maximum absolute atomic E-state index is 2.61. The third-order valence-electron chi connectivity index (χ3n) is 3.98. The molecule has 1 unspecified atom stereocenters. The predicted molar refractivity (Wildman–Crippen MR) is 57.5 cm³/mol. The van der Waals surface area contributed by atoms with Gasteiger partial charge < -0.3 is 4.48 Å². The van der Waals surface area contributed by atoms with E-state index in [1.165, 1.54) is 19.6 Å². The molecule has 0 spiro atoms. The smallest absolute Gasteiger partial charge is 0.135 e. The van der Waals surface area contributed by atoms with E-state index in [4.69, 9.17) is 0 Å². The van der Waals surface area contributed by atoms with Gasteiger partial charge in [-0.3, -0.25) is 0 Å². The highest BCUT2D eigenvalue weighted by atomic mass is 15.5. The van der Waals surface area contributed by atoms with E-state index >= 15 is 0 Å². The molecule has 0 aromatic heterocycles. The van der Waals surface area contributed by atoms with Crippen LogP contribution in [0, 0.1) is 0 Å². The van der Waals surface area contributed by atoms with Crippen LogP contribution in [0.5, 0.6) is 0 Å². The van der Waals surface area contributed by atoms with Crippen LogP contribution in [0.4, 0.5) is 0 Å². The van der Waals surface area contributed by atoms with Gasteiger partial charge in [0.25, 0.3) is 0 Å². The summed E-state index contributed by atoms with van der Waals surface area (Å²) in [6, 6.07) is 0.735. The van der Waals surface area contributed by atoms with Gasteiger partial charge in [-0.1, -0.05) is 6.92 Å². The zero-order valence-corrected chi connectivity index (χ0v) is 10.1. The molecule has 1 aliphatic heterocycles. The Morgan fingerprint density at radius 1 is 1.38 bits per heavy atom. The number of quaternary nitrogens is 1. The van der Waals surface area contributed by atoms with Crippen LogP contribution >= 0.6 is 0 Å². The minimum Gasteiger partial charge on any atom is -0.310 e. The molecule has 0 aromatic carbocycles. The second-order valence-corrected chi connectivity index (χ2v) is 5.64. The number of hydrogen-bond acceptors (Lipinski definition) is 1. The van der Waals surface area contributed by atoms with Crippen LogP contribution in [0.25, 0.3) is 0 Å². The molecular formula is C11H25N2+. The molecule has 1 saturated heterocycles. The van der Waals surface area contributed by atoms with Crippen LogP contribution in [0.15, 0.2) is 0 Å². The molecule has 78 valence electrons. The first-order valence-corrected chi connectivity index (χ1v) is 5.37. The number of likely N-dealkylation sites (N-methyl/N-ethyl adjacent to an activating group) is 1. The first-order chi connectivity index (χ1) is 5.80. The van der Waals surface area contributed by atoms with Gasteiger partial charge in [-0.2, -0.15) is 0 Å². The van der Waals surface area contributed by atoms with E-state index in [2.05, 4.69) is 46.7 Å². The molecular weight excluding hydrogens is 160 g/mol. The Labute approximate surface area is 83.1 Å². The molecule has 0 radical (unpaired) electrons. The molecule has 0 amide bonds. The molecule has 0 saturated carbocycles. The van der Waals surface area contributed by atoms with Crippen molar-refractivity contribution in [2.24, 2.45) is 0 Å². The molecule has 0 aliphatic carbocycles. The zero-order chi connectivity index (χ0) is 10.3. The van der Waals surface area contributed by atoms with Crippen LogP contribution in [0.3, 0.4) is 0 Å². The van der Waals surface area contributed by atoms with Crippen molar-refractivity contribution in [1.29, 1.82) is 0 Å². The SMILES string of the molecule is CCC(C)N1CC(C)(C)[N+](C)(C)C1. The fraction of sp³-hybridized carbons (Fsp3) is 1.00. The summed E-state index contributed by atoms with van der Waals surface area (Å²) in [6.45, 7) is 11.8. The van der Waals surface area contributed by atoms with Gasteiger partial charge in [0.15, 0.2) is 0 Å². The Hall–Kier alpha value is -0.0800. The van der Waals surface area contributed by atoms with Crippen molar-refractivity contribution in [3.8, 4) is 0 Å². The van der Waals surface area contributed by atoms with Crippen molar-refractivity contribution < 1.29 is 4.48 Å². The summed E-state index contributed by atoms with van der Waals surface area (Å²) in [4.78, 5) is 2.61. The molecule has 13 heavy (non-hydrogen) atoms. The van der Waals surface area contributed by atoms with Crippen LogP contribution in [0.1, 0.15) is 34.1 Å². The summed E-state index contributed by atoms with van der Waals surface area (Å²) in [5.41, 5.74) is 0.406. The van der Waals surface area contributed by atoms with Gasteiger partial charge in [-0.15, -0.1) is 0 Å². The lowest BCUT2D eigenvalue weighted by Crippen LogP contribution is -2.52. The first-order valence-electron chi connectivity index (χ1n) is 5.37. The topological polar surface area (TPSA) is 3.24 Å². The van der Waals surface area contributed by atoms with Crippen molar-refractivity contribution >= 4 is 0 Å². The standard InChI is InChI=1S/C11H25N2/c1-7-10(2)12-8-11(3,4)13(5,6)9-12/h10H,7-9H2,1-6H3/q+1. The van der Waals surface area contributed by atoms with Crippen molar-refractivity contribution in [3.05, 3.63) is 0 Å². The molecule has 1 aliphatic rings. The molecule has 0 N–H and O–H groups in total. The Balaban J connectivity index is 2.70. The minimum absolute atomic E-state index is 0.406. The van der Waals surface area contributed by atoms with E-state index < -0.39 is 0 Å². The predicted octanol–water partition coefficient (Wildman–Crippen LogP) is 1.91. The highest BCUT2D eigenvalue weighted by Gasteiger charge is 2.46. The normalized spacial score (nSPS) is 29.1. The van der Waals surface area contributed by atoms with Crippen LogP contribution in [-0.4, -0.2) is 48.3 Å². The third-order valence-corrected chi connectivity index (χ3v) is 3.98. The van der Waals surface area contributed by atoms with Crippen molar-refractivity contribution in [3.63, 3.8) is 0 Å². The molecule has 1 atom stereocenters. The molecule has 0 bridgehead atoms. The van der Waals surface area contributed by atoms with Crippen LogP contribution in [-0.2, 0) is 0 Å². The highest BCUT2D eigenvalue weighted by Crippen LogP contribution is 2.30. The van der Waals surface area contributed by atoms with Crippen molar-refractivity contribution in [2.45, 2.75) is 45.7 Å².